The number of nitrogens with zero attached hydrogens (tertiary/aromatic N) is 1. The highest BCUT2D eigenvalue weighted by Crippen LogP contribution is 2.52. The molecule has 0 atom stereocenters. The third kappa shape index (κ3) is 2.17. The van der Waals surface area contributed by atoms with Gasteiger partial charge in [-0.25, -0.2) is 0 Å². The van der Waals surface area contributed by atoms with Crippen molar-refractivity contribution in [1.29, 1.82) is 0 Å². The molecule has 29 heavy (non-hydrogen) atoms. The van der Waals surface area contributed by atoms with Gasteiger partial charge in [0.25, 0.3) is 0 Å². The third-order valence-electron chi connectivity index (χ3n) is 6.43. The average molecular weight is 394 g/mol. The number of benzene rings is 4. The predicted octanol–water partition coefficient (Wildman–Crippen LogP) is 7.74. The minimum absolute atomic E-state index is 0.126. The van der Waals surface area contributed by atoms with Crippen LogP contribution < -0.4 is 0 Å². The van der Waals surface area contributed by atoms with Crippen LogP contribution in [0.4, 0.5) is 0 Å². The van der Waals surface area contributed by atoms with Gasteiger partial charge in [0, 0.05) is 21.2 Å². The van der Waals surface area contributed by atoms with Gasteiger partial charge in [0.1, 0.15) is 0 Å². The van der Waals surface area contributed by atoms with Gasteiger partial charge in [-0.3, -0.25) is 0 Å². The molecule has 5 aromatic rings. The van der Waals surface area contributed by atoms with Crippen molar-refractivity contribution in [3.8, 4) is 16.8 Å². The van der Waals surface area contributed by atoms with E-state index in [0.717, 1.165) is 5.02 Å². The summed E-state index contributed by atoms with van der Waals surface area (Å²) in [6.45, 7) is 4.62. The van der Waals surface area contributed by atoms with Gasteiger partial charge in [-0.15, -0.1) is 0 Å². The van der Waals surface area contributed by atoms with Gasteiger partial charge >= 0.3 is 0 Å². The van der Waals surface area contributed by atoms with E-state index in [2.05, 4.69) is 97.3 Å². The fraction of sp³-hybridized carbons (Fsp3) is 0.111. The smallest absolute Gasteiger partial charge is 0.0541 e. The number of fused-ring (bicyclic) bond motifs is 6. The molecule has 0 fully saturated rings. The molecule has 0 bridgehead atoms. The van der Waals surface area contributed by atoms with E-state index >= 15 is 0 Å². The van der Waals surface area contributed by atoms with Crippen molar-refractivity contribution in [2.75, 3.05) is 0 Å². The van der Waals surface area contributed by atoms with Gasteiger partial charge in [0.05, 0.1) is 16.7 Å². The second-order valence-corrected chi connectivity index (χ2v) is 8.82. The summed E-state index contributed by atoms with van der Waals surface area (Å²) in [4.78, 5) is 0. The second kappa shape index (κ2) is 5.75. The van der Waals surface area contributed by atoms with Crippen LogP contribution in [0.5, 0.6) is 0 Å². The summed E-state index contributed by atoms with van der Waals surface area (Å²) < 4.78 is 2.43. The Balaban J connectivity index is 1.77. The molecule has 0 N–H and O–H groups in total. The quantitative estimate of drug-likeness (QED) is 0.274. The van der Waals surface area contributed by atoms with Crippen molar-refractivity contribution in [2.24, 2.45) is 0 Å². The first-order valence-electron chi connectivity index (χ1n) is 10.00. The van der Waals surface area contributed by atoms with E-state index in [4.69, 9.17) is 11.6 Å². The summed E-state index contributed by atoms with van der Waals surface area (Å²) in [6.07, 6.45) is 0. The topological polar surface area (TPSA) is 4.93 Å². The maximum Gasteiger partial charge on any atom is 0.0541 e. The molecular formula is C27H20ClN. The zero-order valence-corrected chi connectivity index (χ0v) is 17.2. The molecule has 1 aromatic heterocycles. The summed E-state index contributed by atoms with van der Waals surface area (Å²) in [6, 6.07) is 30.4. The van der Waals surface area contributed by atoms with Gasteiger partial charge in [0.15, 0.2) is 0 Å². The van der Waals surface area contributed by atoms with E-state index < -0.39 is 0 Å². The number of para-hydroxylation sites is 2. The van der Waals surface area contributed by atoms with Crippen molar-refractivity contribution in [2.45, 2.75) is 19.3 Å². The van der Waals surface area contributed by atoms with E-state index in [1.54, 1.807) is 0 Å². The highest BCUT2D eigenvalue weighted by molar-refractivity contribution is 6.30. The monoisotopic (exact) mass is 393 g/mol. The summed E-state index contributed by atoms with van der Waals surface area (Å²) >= 11 is 6.38. The van der Waals surface area contributed by atoms with Gasteiger partial charge < -0.3 is 4.57 Å². The molecule has 1 nitrogen and oxygen atoms in total. The summed E-state index contributed by atoms with van der Waals surface area (Å²) in [7, 11) is 0. The van der Waals surface area contributed by atoms with Crippen LogP contribution in [0.2, 0.25) is 5.02 Å². The summed E-state index contributed by atoms with van der Waals surface area (Å²) in [5.41, 5.74) is 8.87. The lowest BCUT2D eigenvalue weighted by Gasteiger charge is -2.25. The maximum absolute atomic E-state index is 6.38. The van der Waals surface area contributed by atoms with E-state index in [1.165, 1.54) is 49.7 Å². The summed E-state index contributed by atoms with van der Waals surface area (Å²) in [5.74, 6) is 0. The van der Waals surface area contributed by atoms with Crippen LogP contribution in [0, 0.1) is 0 Å². The molecular weight excluding hydrogens is 374 g/mol. The zero-order valence-electron chi connectivity index (χ0n) is 16.4. The van der Waals surface area contributed by atoms with E-state index in [0.29, 0.717) is 0 Å². The minimum atomic E-state index is -0.126. The molecule has 1 heterocycles. The van der Waals surface area contributed by atoms with Crippen LogP contribution in [-0.4, -0.2) is 4.57 Å². The molecule has 0 radical (unpaired) electrons. The minimum Gasteiger partial charge on any atom is -0.309 e. The lowest BCUT2D eigenvalue weighted by Crippen LogP contribution is -2.18. The van der Waals surface area contributed by atoms with E-state index in [-0.39, 0.29) is 5.41 Å². The van der Waals surface area contributed by atoms with Gasteiger partial charge in [-0.2, -0.15) is 0 Å². The molecule has 0 unspecified atom stereocenters. The molecule has 0 aliphatic heterocycles. The molecule has 1 aliphatic rings. The van der Waals surface area contributed by atoms with Gasteiger partial charge in [0.2, 0.25) is 0 Å². The van der Waals surface area contributed by atoms with Crippen molar-refractivity contribution in [1.82, 2.24) is 4.57 Å². The van der Waals surface area contributed by atoms with Crippen LogP contribution >= 0.6 is 11.6 Å². The Morgan fingerprint density at radius 3 is 2.03 bits per heavy atom. The Hall–Kier alpha value is -3.03. The molecule has 1 aliphatic carbocycles. The Morgan fingerprint density at radius 2 is 1.34 bits per heavy atom. The predicted molar refractivity (Wildman–Crippen MR) is 123 cm³/mol. The molecule has 0 amide bonds. The van der Waals surface area contributed by atoms with Crippen molar-refractivity contribution in [3.05, 3.63) is 101 Å². The van der Waals surface area contributed by atoms with Crippen LogP contribution in [0.25, 0.3) is 38.6 Å². The molecule has 0 saturated carbocycles. The van der Waals surface area contributed by atoms with Crippen molar-refractivity contribution >= 4 is 33.4 Å². The van der Waals surface area contributed by atoms with E-state index in [1.807, 2.05) is 6.07 Å². The van der Waals surface area contributed by atoms with Crippen molar-refractivity contribution in [3.63, 3.8) is 0 Å². The Labute approximate surface area is 175 Å². The highest BCUT2D eigenvalue weighted by Gasteiger charge is 2.38. The molecule has 140 valence electrons. The normalized spacial score (nSPS) is 14.3. The number of halogens is 1. The second-order valence-electron chi connectivity index (χ2n) is 8.38. The first kappa shape index (κ1) is 16.9. The van der Waals surface area contributed by atoms with Crippen LogP contribution in [0.3, 0.4) is 0 Å². The van der Waals surface area contributed by atoms with Gasteiger partial charge in [-0.1, -0.05) is 80.0 Å². The molecule has 0 saturated heterocycles. The lowest BCUT2D eigenvalue weighted by atomic mass is 9.81. The van der Waals surface area contributed by atoms with Crippen LogP contribution in [0.1, 0.15) is 25.0 Å². The third-order valence-corrected chi connectivity index (χ3v) is 6.67. The summed E-state index contributed by atoms with van der Waals surface area (Å²) in [5, 5.41) is 3.37. The first-order chi connectivity index (χ1) is 14.1. The number of aromatic nitrogens is 1. The number of hydrogen-bond donors (Lipinski definition) is 0. The molecule has 6 rings (SSSR count). The standard InChI is InChI=1S/C27H20ClN/c1-27(2)22-16-17(28)14-15-18(22)21-10-7-13-25(26(21)27)29-23-11-5-3-8-19(23)20-9-4-6-12-24(20)29/h3-16H,1-2H3. The highest BCUT2D eigenvalue weighted by atomic mass is 35.5. The number of rotatable bonds is 1. The SMILES string of the molecule is CC1(C)c2cc(Cl)ccc2-c2cccc(-n3c4ccccc4c4ccccc43)c21. The van der Waals surface area contributed by atoms with Gasteiger partial charge in [-0.05, 0) is 52.6 Å². The fourth-order valence-electron chi connectivity index (χ4n) is 5.19. The lowest BCUT2D eigenvalue weighted by molar-refractivity contribution is 0.656. The Morgan fingerprint density at radius 1 is 0.690 bits per heavy atom. The Bertz CT molecular complexity index is 1380. The Kier molecular flexibility index (Phi) is 3.34. The zero-order chi connectivity index (χ0) is 19.8. The molecule has 4 aromatic carbocycles. The number of hydrogen-bond acceptors (Lipinski definition) is 0. The average Bonchev–Trinajstić information content (AvgIpc) is 3.18. The molecule has 0 spiro atoms. The fourth-order valence-corrected chi connectivity index (χ4v) is 5.37. The maximum atomic E-state index is 6.38. The van der Waals surface area contributed by atoms with Crippen LogP contribution in [-0.2, 0) is 5.41 Å². The van der Waals surface area contributed by atoms with Crippen LogP contribution in [0.15, 0.2) is 84.9 Å². The van der Waals surface area contributed by atoms with Crippen molar-refractivity contribution < 1.29 is 0 Å². The van der Waals surface area contributed by atoms with E-state index in [9.17, 15) is 0 Å². The molecule has 2 heteroatoms. The largest absolute Gasteiger partial charge is 0.309 e. The first-order valence-corrected chi connectivity index (χ1v) is 10.4.